The summed E-state index contributed by atoms with van der Waals surface area (Å²) in [7, 11) is 1.35. The van der Waals surface area contributed by atoms with Crippen LogP contribution in [-0.2, 0) is 0 Å². The van der Waals surface area contributed by atoms with Gasteiger partial charge in [-0.05, 0) is 30.7 Å². The van der Waals surface area contributed by atoms with E-state index in [1.807, 2.05) is 6.92 Å². The molecule has 2 aromatic rings. The van der Waals surface area contributed by atoms with Crippen molar-refractivity contribution in [3.05, 3.63) is 52.1 Å². The normalized spacial score (nSPS) is 10.1. The Labute approximate surface area is 115 Å². The monoisotopic (exact) mass is 275 g/mol. The van der Waals surface area contributed by atoms with Gasteiger partial charge in [0.05, 0.1) is 12.0 Å². The van der Waals surface area contributed by atoms with Crippen LogP contribution >= 0.6 is 0 Å². The highest BCUT2D eigenvalue weighted by molar-refractivity contribution is 5.51. The van der Waals surface area contributed by atoms with Crippen molar-refractivity contribution >= 4 is 5.69 Å². The minimum Gasteiger partial charge on any atom is -0.508 e. The standard InChI is InChI=1S/C14H13NO5/c1-9-5-10(16)7-12(6-9)20-11-3-4-13(15(17)18)14(8-11)19-2/h3-8,16H,1-2H3. The van der Waals surface area contributed by atoms with E-state index in [0.29, 0.717) is 11.5 Å². The van der Waals surface area contributed by atoms with Crippen LogP contribution in [0, 0.1) is 17.0 Å². The second-order valence-electron chi connectivity index (χ2n) is 4.20. The Morgan fingerprint density at radius 3 is 2.50 bits per heavy atom. The average molecular weight is 275 g/mol. The van der Waals surface area contributed by atoms with Gasteiger partial charge < -0.3 is 14.6 Å². The minimum absolute atomic E-state index is 0.0916. The fourth-order valence-electron chi connectivity index (χ4n) is 1.80. The van der Waals surface area contributed by atoms with Crippen LogP contribution < -0.4 is 9.47 Å². The van der Waals surface area contributed by atoms with Crippen molar-refractivity contribution in [1.29, 1.82) is 0 Å². The van der Waals surface area contributed by atoms with Gasteiger partial charge in [-0.2, -0.15) is 0 Å². The molecule has 0 saturated heterocycles. The highest BCUT2D eigenvalue weighted by atomic mass is 16.6. The van der Waals surface area contributed by atoms with Crippen molar-refractivity contribution in [1.82, 2.24) is 0 Å². The summed E-state index contributed by atoms with van der Waals surface area (Å²) < 4.78 is 10.5. The first-order chi connectivity index (χ1) is 9.49. The Balaban J connectivity index is 2.32. The zero-order valence-electron chi connectivity index (χ0n) is 11.0. The number of nitro benzene ring substituents is 1. The van der Waals surface area contributed by atoms with Crippen molar-refractivity contribution < 1.29 is 19.5 Å². The summed E-state index contributed by atoms with van der Waals surface area (Å²) in [5, 5.41) is 20.3. The van der Waals surface area contributed by atoms with Gasteiger partial charge in [-0.15, -0.1) is 0 Å². The molecule has 104 valence electrons. The third-order valence-electron chi connectivity index (χ3n) is 2.62. The predicted octanol–water partition coefficient (Wildman–Crippen LogP) is 3.41. The second-order valence-corrected chi connectivity index (χ2v) is 4.20. The number of aryl methyl sites for hydroxylation is 1. The lowest BCUT2D eigenvalue weighted by Crippen LogP contribution is -1.94. The summed E-state index contributed by atoms with van der Waals surface area (Å²) in [5.74, 6) is 1.04. The lowest BCUT2D eigenvalue weighted by atomic mass is 10.2. The van der Waals surface area contributed by atoms with Crippen molar-refractivity contribution in [3.8, 4) is 23.0 Å². The lowest BCUT2D eigenvalue weighted by Gasteiger charge is -2.09. The highest BCUT2D eigenvalue weighted by Crippen LogP contribution is 2.33. The molecule has 0 aliphatic carbocycles. The Morgan fingerprint density at radius 2 is 1.90 bits per heavy atom. The van der Waals surface area contributed by atoms with Crippen molar-refractivity contribution in [2.45, 2.75) is 6.92 Å². The summed E-state index contributed by atoms with van der Waals surface area (Å²) >= 11 is 0. The molecule has 1 N–H and O–H groups in total. The number of methoxy groups -OCH3 is 1. The van der Waals surface area contributed by atoms with Gasteiger partial charge in [0.2, 0.25) is 5.75 Å². The molecule has 0 spiro atoms. The number of phenolic OH excluding ortho intramolecular Hbond substituents is 1. The molecule has 0 bridgehead atoms. The number of phenols is 1. The number of hydrogen-bond acceptors (Lipinski definition) is 5. The van der Waals surface area contributed by atoms with Gasteiger partial charge in [0, 0.05) is 18.2 Å². The largest absolute Gasteiger partial charge is 0.508 e. The number of hydrogen-bond donors (Lipinski definition) is 1. The highest BCUT2D eigenvalue weighted by Gasteiger charge is 2.15. The molecule has 0 heterocycles. The number of rotatable bonds is 4. The number of ether oxygens (including phenoxy) is 2. The topological polar surface area (TPSA) is 81.8 Å². The third-order valence-corrected chi connectivity index (χ3v) is 2.62. The summed E-state index contributed by atoms with van der Waals surface area (Å²) in [6, 6.07) is 9.01. The van der Waals surface area contributed by atoms with E-state index in [4.69, 9.17) is 9.47 Å². The van der Waals surface area contributed by atoms with Crippen LogP contribution in [0.1, 0.15) is 5.56 Å². The van der Waals surface area contributed by atoms with E-state index in [0.717, 1.165) is 5.56 Å². The molecule has 0 radical (unpaired) electrons. The minimum atomic E-state index is -0.527. The molecule has 0 aromatic heterocycles. The molecule has 2 rings (SSSR count). The number of nitro groups is 1. The fraction of sp³-hybridized carbons (Fsp3) is 0.143. The first kappa shape index (κ1) is 13.7. The van der Waals surface area contributed by atoms with E-state index < -0.39 is 4.92 Å². The van der Waals surface area contributed by atoms with E-state index in [9.17, 15) is 15.2 Å². The molecule has 0 unspecified atom stereocenters. The molecule has 6 heteroatoms. The Bertz CT molecular complexity index is 634. The van der Waals surface area contributed by atoms with Gasteiger partial charge in [0.1, 0.15) is 17.2 Å². The van der Waals surface area contributed by atoms with Crippen LogP contribution in [0.2, 0.25) is 0 Å². The Morgan fingerprint density at radius 1 is 1.15 bits per heavy atom. The quantitative estimate of drug-likeness (QED) is 0.683. The maximum absolute atomic E-state index is 10.8. The van der Waals surface area contributed by atoms with Crippen LogP contribution in [0.5, 0.6) is 23.0 Å². The fourth-order valence-corrected chi connectivity index (χ4v) is 1.80. The molecule has 0 amide bonds. The molecule has 0 atom stereocenters. The molecule has 2 aromatic carbocycles. The number of aromatic hydroxyl groups is 1. The third kappa shape index (κ3) is 2.97. The number of benzene rings is 2. The SMILES string of the molecule is COc1cc(Oc2cc(C)cc(O)c2)ccc1[N+](=O)[O-]. The van der Waals surface area contributed by atoms with Crippen LogP contribution in [0.3, 0.4) is 0 Å². The van der Waals surface area contributed by atoms with Crippen molar-refractivity contribution in [3.63, 3.8) is 0 Å². The second kappa shape index (κ2) is 5.48. The molecule has 0 aliphatic rings. The van der Waals surface area contributed by atoms with E-state index in [1.165, 1.54) is 31.4 Å². The Kier molecular flexibility index (Phi) is 3.74. The van der Waals surface area contributed by atoms with Gasteiger partial charge in [-0.25, -0.2) is 0 Å². The first-order valence-corrected chi connectivity index (χ1v) is 5.80. The first-order valence-electron chi connectivity index (χ1n) is 5.80. The molecule has 20 heavy (non-hydrogen) atoms. The number of nitrogens with zero attached hydrogens (tertiary/aromatic N) is 1. The van der Waals surface area contributed by atoms with Crippen LogP contribution in [0.25, 0.3) is 0 Å². The van der Waals surface area contributed by atoms with Crippen LogP contribution in [0.4, 0.5) is 5.69 Å². The molecule has 0 saturated carbocycles. The van der Waals surface area contributed by atoms with E-state index >= 15 is 0 Å². The van der Waals surface area contributed by atoms with E-state index in [2.05, 4.69) is 0 Å². The molecule has 0 fully saturated rings. The zero-order chi connectivity index (χ0) is 14.7. The van der Waals surface area contributed by atoms with Gasteiger partial charge in [-0.3, -0.25) is 10.1 Å². The zero-order valence-corrected chi connectivity index (χ0v) is 11.0. The van der Waals surface area contributed by atoms with Gasteiger partial charge >= 0.3 is 5.69 Å². The summed E-state index contributed by atoms with van der Waals surface area (Å²) in [6.45, 7) is 1.82. The average Bonchev–Trinajstić information content (AvgIpc) is 2.37. The van der Waals surface area contributed by atoms with E-state index in [1.54, 1.807) is 12.1 Å². The lowest BCUT2D eigenvalue weighted by molar-refractivity contribution is -0.385. The molecular weight excluding hydrogens is 262 g/mol. The molecule has 6 nitrogen and oxygen atoms in total. The van der Waals surface area contributed by atoms with Crippen LogP contribution in [0.15, 0.2) is 36.4 Å². The molecule has 0 aliphatic heterocycles. The summed E-state index contributed by atoms with van der Waals surface area (Å²) in [5.41, 5.74) is 0.709. The smallest absolute Gasteiger partial charge is 0.311 e. The summed E-state index contributed by atoms with van der Waals surface area (Å²) in [6.07, 6.45) is 0. The maximum Gasteiger partial charge on any atom is 0.311 e. The maximum atomic E-state index is 10.8. The summed E-state index contributed by atoms with van der Waals surface area (Å²) in [4.78, 5) is 10.3. The van der Waals surface area contributed by atoms with Gasteiger partial charge in [-0.1, -0.05) is 0 Å². The van der Waals surface area contributed by atoms with Gasteiger partial charge in [0.25, 0.3) is 0 Å². The Hall–Kier alpha value is -2.76. The predicted molar refractivity (Wildman–Crippen MR) is 72.6 cm³/mol. The molecular formula is C14H13NO5. The van der Waals surface area contributed by atoms with E-state index in [-0.39, 0.29) is 17.2 Å². The van der Waals surface area contributed by atoms with Crippen LogP contribution in [-0.4, -0.2) is 17.1 Å². The van der Waals surface area contributed by atoms with Crippen molar-refractivity contribution in [2.24, 2.45) is 0 Å². The van der Waals surface area contributed by atoms with Gasteiger partial charge in [0.15, 0.2) is 0 Å². The van der Waals surface area contributed by atoms with Crippen molar-refractivity contribution in [2.75, 3.05) is 7.11 Å².